The van der Waals surface area contributed by atoms with Gasteiger partial charge in [0.25, 0.3) is 0 Å². The van der Waals surface area contributed by atoms with Crippen LogP contribution in [0, 0.1) is 5.82 Å². The third-order valence-electron chi connectivity index (χ3n) is 1.80. The number of amides is 1. The number of carbonyl (C=O) groups is 1. The van der Waals surface area contributed by atoms with E-state index in [0.29, 0.717) is 15.9 Å². The van der Waals surface area contributed by atoms with Gasteiger partial charge in [0, 0.05) is 19.2 Å². The number of imidazole rings is 1. The van der Waals surface area contributed by atoms with Crippen LogP contribution in [0.25, 0.3) is 5.65 Å². The lowest BCUT2D eigenvalue weighted by Gasteiger charge is -1.95. The number of hydrogen-bond acceptors (Lipinski definition) is 2. The molecule has 0 aliphatic heterocycles. The summed E-state index contributed by atoms with van der Waals surface area (Å²) in [5.74, 6) is -0.194. The Morgan fingerprint density at radius 3 is 3.00 bits per heavy atom. The van der Waals surface area contributed by atoms with E-state index in [1.807, 2.05) is 0 Å². The van der Waals surface area contributed by atoms with Crippen LogP contribution in [-0.4, -0.2) is 15.3 Å². The maximum Gasteiger partial charge on any atom is 0.222 e. The van der Waals surface area contributed by atoms with E-state index >= 15 is 0 Å². The average Bonchev–Trinajstić information content (AvgIpc) is 2.46. The van der Waals surface area contributed by atoms with Crippen molar-refractivity contribution in [3.8, 4) is 0 Å². The van der Waals surface area contributed by atoms with E-state index in [1.54, 1.807) is 16.8 Å². The van der Waals surface area contributed by atoms with Crippen LogP contribution in [0.5, 0.6) is 0 Å². The Morgan fingerprint density at radius 2 is 2.33 bits per heavy atom. The van der Waals surface area contributed by atoms with Gasteiger partial charge in [0.15, 0.2) is 5.82 Å². The highest BCUT2D eigenvalue weighted by molar-refractivity contribution is 9.10. The van der Waals surface area contributed by atoms with Crippen molar-refractivity contribution in [1.29, 1.82) is 0 Å². The normalized spacial score (nSPS) is 10.6. The molecule has 6 heteroatoms. The van der Waals surface area contributed by atoms with Gasteiger partial charge in [-0.1, -0.05) is 0 Å². The molecule has 0 aromatic carbocycles. The highest BCUT2D eigenvalue weighted by Gasteiger charge is 2.06. The molecule has 0 radical (unpaired) electrons. The monoisotopic (exact) mass is 271 g/mol. The van der Waals surface area contributed by atoms with Gasteiger partial charge in [-0.3, -0.25) is 4.79 Å². The summed E-state index contributed by atoms with van der Waals surface area (Å²) in [6.07, 6.45) is 3.16. The zero-order valence-electron chi connectivity index (χ0n) is 7.79. The number of aromatic nitrogens is 2. The second-order valence-corrected chi connectivity index (χ2v) is 3.90. The molecule has 0 fully saturated rings. The molecule has 2 rings (SSSR count). The summed E-state index contributed by atoms with van der Waals surface area (Å²) in [4.78, 5) is 14.8. The number of halogens is 2. The first-order chi connectivity index (χ1) is 7.06. The molecular weight excluding hydrogens is 265 g/mol. The van der Waals surface area contributed by atoms with E-state index in [2.05, 4.69) is 26.2 Å². The predicted octanol–water partition coefficient (Wildman–Crippen LogP) is 2.19. The largest absolute Gasteiger partial charge is 0.310 e. The summed E-state index contributed by atoms with van der Waals surface area (Å²) >= 11 is 3.07. The van der Waals surface area contributed by atoms with E-state index in [9.17, 15) is 9.18 Å². The minimum atomic E-state index is -0.387. The summed E-state index contributed by atoms with van der Waals surface area (Å²) in [6.45, 7) is 1.39. The van der Waals surface area contributed by atoms with Gasteiger partial charge in [0.2, 0.25) is 5.91 Å². The van der Waals surface area contributed by atoms with Gasteiger partial charge in [0.1, 0.15) is 11.5 Å². The highest BCUT2D eigenvalue weighted by atomic mass is 79.9. The lowest BCUT2D eigenvalue weighted by molar-refractivity contribution is -0.114. The Balaban J connectivity index is 2.51. The number of fused-ring (bicyclic) bond motifs is 1. The van der Waals surface area contributed by atoms with E-state index < -0.39 is 0 Å². The fourth-order valence-corrected chi connectivity index (χ4v) is 1.56. The molecule has 1 N–H and O–H groups in total. The van der Waals surface area contributed by atoms with Gasteiger partial charge in [0.05, 0.1) is 10.7 Å². The van der Waals surface area contributed by atoms with Crippen molar-refractivity contribution in [1.82, 2.24) is 9.38 Å². The summed E-state index contributed by atoms with van der Waals surface area (Å²) in [5.41, 5.74) is 0.444. The van der Waals surface area contributed by atoms with Crippen LogP contribution < -0.4 is 5.32 Å². The average molecular weight is 272 g/mol. The number of hydrogen-bond donors (Lipinski definition) is 1. The van der Waals surface area contributed by atoms with E-state index in [4.69, 9.17) is 0 Å². The Morgan fingerprint density at radius 1 is 1.60 bits per heavy atom. The number of carbonyl (C=O) groups excluding carboxylic acids is 1. The standard InChI is InChI=1S/C9H7BrFN3O/c1-5(15)12-8-4-14-3-6(10)7(11)2-9(14)13-8/h2-4H,1H3,(H,12,15). The minimum absolute atomic E-state index is 0.210. The van der Waals surface area contributed by atoms with Crippen molar-refractivity contribution in [2.24, 2.45) is 0 Å². The fourth-order valence-electron chi connectivity index (χ4n) is 1.22. The molecule has 0 aliphatic carbocycles. The molecule has 0 saturated carbocycles. The Kier molecular flexibility index (Phi) is 2.44. The third-order valence-corrected chi connectivity index (χ3v) is 2.38. The molecule has 1 amide bonds. The number of nitrogens with zero attached hydrogens (tertiary/aromatic N) is 2. The second-order valence-electron chi connectivity index (χ2n) is 3.04. The quantitative estimate of drug-likeness (QED) is 0.865. The maximum atomic E-state index is 13.1. The molecule has 0 atom stereocenters. The molecule has 0 unspecified atom stereocenters. The van der Waals surface area contributed by atoms with Crippen molar-refractivity contribution in [3.63, 3.8) is 0 Å². The summed E-state index contributed by atoms with van der Waals surface area (Å²) < 4.78 is 15.1. The topological polar surface area (TPSA) is 46.4 Å². The Labute approximate surface area is 93.2 Å². The smallest absolute Gasteiger partial charge is 0.222 e. The Bertz CT molecular complexity index is 498. The van der Waals surface area contributed by atoms with Crippen LogP contribution in [0.1, 0.15) is 6.92 Å². The van der Waals surface area contributed by atoms with Crippen molar-refractivity contribution in [2.75, 3.05) is 5.32 Å². The first-order valence-electron chi connectivity index (χ1n) is 4.17. The summed E-state index contributed by atoms with van der Waals surface area (Å²) in [6, 6.07) is 1.29. The van der Waals surface area contributed by atoms with Crippen molar-refractivity contribution >= 4 is 33.3 Å². The summed E-state index contributed by atoms with van der Waals surface area (Å²) in [7, 11) is 0. The number of nitrogens with one attached hydrogen (secondary N) is 1. The lowest BCUT2D eigenvalue weighted by atomic mass is 10.4. The van der Waals surface area contributed by atoms with Crippen molar-refractivity contribution in [2.45, 2.75) is 6.92 Å². The number of anilines is 1. The first-order valence-corrected chi connectivity index (χ1v) is 4.97. The molecule has 78 valence electrons. The van der Waals surface area contributed by atoms with Crippen LogP contribution in [0.2, 0.25) is 0 Å². The van der Waals surface area contributed by atoms with Crippen molar-refractivity contribution in [3.05, 3.63) is 28.7 Å². The van der Waals surface area contributed by atoms with E-state index in [0.717, 1.165) is 0 Å². The maximum absolute atomic E-state index is 13.1. The first kappa shape index (κ1) is 10.1. The lowest BCUT2D eigenvalue weighted by Crippen LogP contribution is -2.05. The SMILES string of the molecule is CC(=O)Nc1cn2cc(Br)c(F)cc2n1. The van der Waals surface area contributed by atoms with Gasteiger partial charge < -0.3 is 9.72 Å². The molecule has 0 saturated heterocycles. The third kappa shape index (κ3) is 1.99. The molecular formula is C9H7BrFN3O. The summed E-state index contributed by atoms with van der Waals surface area (Å²) in [5, 5.41) is 2.52. The van der Waals surface area contributed by atoms with Crippen LogP contribution in [-0.2, 0) is 4.79 Å². The second kappa shape index (κ2) is 3.62. The number of rotatable bonds is 1. The Hall–Kier alpha value is -1.43. The van der Waals surface area contributed by atoms with Gasteiger partial charge in [-0.2, -0.15) is 0 Å². The molecule has 2 aromatic rings. The van der Waals surface area contributed by atoms with E-state index in [1.165, 1.54) is 13.0 Å². The van der Waals surface area contributed by atoms with Crippen molar-refractivity contribution < 1.29 is 9.18 Å². The number of pyridine rings is 1. The van der Waals surface area contributed by atoms with Gasteiger partial charge in [-0.25, -0.2) is 9.37 Å². The van der Waals surface area contributed by atoms with Gasteiger partial charge in [-0.05, 0) is 15.9 Å². The minimum Gasteiger partial charge on any atom is -0.310 e. The van der Waals surface area contributed by atoms with Gasteiger partial charge in [-0.15, -0.1) is 0 Å². The zero-order chi connectivity index (χ0) is 11.0. The molecule has 15 heavy (non-hydrogen) atoms. The molecule has 4 nitrogen and oxygen atoms in total. The fraction of sp³-hybridized carbons (Fsp3) is 0.111. The molecule has 2 heterocycles. The zero-order valence-corrected chi connectivity index (χ0v) is 9.38. The molecule has 0 aliphatic rings. The van der Waals surface area contributed by atoms with Crippen LogP contribution in [0.15, 0.2) is 22.9 Å². The van der Waals surface area contributed by atoms with Crippen LogP contribution in [0.3, 0.4) is 0 Å². The van der Waals surface area contributed by atoms with E-state index in [-0.39, 0.29) is 11.7 Å². The molecule has 0 bridgehead atoms. The van der Waals surface area contributed by atoms with Crippen LogP contribution >= 0.6 is 15.9 Å². The highest BCUT2D eigenvalue weighted by Crippen LogP contribution is 2.18. The molecule has 2 aromatic heterocycles. The predicted molar refractivity (Wildman–Crippen MR) is 57.2 cm³/mol. The van der Waals surface area contributed by atoms with Gasteiger partial charge >= 0.3 is 0 Å². The molecule has 0 spiro atoms. The van der Waals surface area contributed by atoms with Crippen LogP contribution in [0.4, 0.5) is 10.2 Å².